The molecule has 0 radical (unpaired) electrons. The highest BCUT2D eigenvalue weighted by atomic mass is 35.5. The first-order valence-corrected chi connectivity index (χ1v) is 9.16. The number of hydrogen-bond donors (Lipinski definition) is 1. The maximum Gasteiger partial charge on any atom is 0.239 e. The van der Waals surface area contributed by atoms with E-state index in [0.29, 0.717) is 28.8 Å². The van der Waals surface area contributed by atoms with Gasteiger partial charge in [0.05, 0.1) is 0 Å². The fourth-order valence-electron chi connectivity index (χ4n) is 3.07. The molecule has 1 heterocycles. The Labute approximate surface area is 163 Å². The summed E-state index contributed by atoms with van der Waals surface area (Å²) in [5.41, 5.74) is 1.65. The van der Waals surface area contributed by atoms with E-state index in [4.69, 9.17) is 23.2 Å². The Morgan fingerprint density at radius 3 is 2.31 bits per heavy atom. The molecule has 0 saturated heterocycles. The average Bonchev–Trinajstić information content (AvgIpc) is 2.59. The van der Waals surface area contributed by atoms with E-state index in [-0.39, 0.29) is 11.8 Å². The van der Waals surface area contributed by atoms with Crippen molar-refractivity contribution >= 4 is 40.7 Å². The molecule has 2 amide bonds. The van der Waals surface area contributed by atoms with Crippen molar-refractivity contribution in [1.82, 2.24) is 4.90 Å². The molecule has 1 aliphatic rings. The summed E-state index contributed by atoms with van der Waals surface area (Å²) in [5, 5.41) is 3.59. The second-order valence-corrected chi connectivity index (χ2v) is 7.86. The fraction of sp³-hybridized carbons (Fsp3) is 0.300. The van der Waals surface area contributed by atoms with Crippen molar-refractivity contribution in [3.63, 3.8) is 0 Å². The van der Waals surface area contributed by atoms with Gasteiger partial charge in [-0.2, -0.15) is 0 Å². The molecule has 6 heteroatoms. The molecule has 1 N–H and O–H groups in total. The van der Waals surface area contributed by atoms with Crippen LogP contribution in [-0.2, 0) is 22.6 Å². The monoisotopic (exact) mass is 390 g/mol. The van der Waals surface area contributed by atoms with E-state index in [9.17, 15) is 9.59 Å². The number of carbonyl (C=O) groups is 2. The summed E-state index contributed by atoms with van der Waals surface area (Å²) in [4.78, 5) is 27.5. The lowest BCUT2D eigenvalue weighted by Gasteiger charge is -2.34. The zero-order valence-electron chi connectivity index (χ0n) is 14.7. The van der Waals surface area contributed by atoms with Gasteiger partial charge in [-0.25, -0.2) is 0 Å². The van der Waals surface area contributed by atoms with Gasteiger partial charge in [0.2, 0.25) is 11.8 Å². The first-order chi connectivity index (χ1) is 12.3. The number of rotatable bonds is 3. The number of amides is 2. The molecule has 3 rings (SSSR count). The van der Waals surface area contributed by atoms with Gasteiger partial charge in [-0.3, -0.25) is 9.59 Å². The molecular weight excluding hydrogens is 371 g/mol. The van der Waals surface area contributed by atoms with Crippen molar-refractivity contribution < 1.29 is 9.59 Å². The zero-order chi connectivity index (χ0) is 18.9. The lowest BCUT2D eigenvalue weighted by molar-refractivity contribution is -0.147. The smallest absolute Gasteiger partial charge is 0.239 e. The van der Waals surface area contributed by atoms with Crippen LogP contribution in [-0.4, -0.2) is 23.3 Å². The molecule has 0 atom stereocenters. The minimum Gasteiger partial charge on any atom is -0.337 e. The average molecular weight is 391 g/mol. The van der Waals surface area contributed by atoms with E-state index in [1.807, 2.05) is 18.2 Å². The molecule has 26 heavy (non-hydrogen) atoms. The van der Waals surface area contributed by atoms with Crippen LogP contribution in [0.15, 0.2) is 42.5 Å². The normalized spacial score (nSPS) is 13.9. The van der Waals surface area contributed by atoms with Crippen molar-refractivity contribution in [3.8, 4) is 0 Å². The predicted octanol–water partition coefficient (Wildman–Crippen LogP) is 4.54. The Balaban J connectivity index is 1.74. The molecule has 0 aromatic heterocycles. The lowest BCUT2D eigenvalue weighted by Crippen LogP contribution is -2.48. The number of anilines is 1. The molecular formula is C20H20Cl2N2O2. The van der Waals surface area contributed by atoms with Gasteiger partial charge in [-0.1, -0.05) is 47.5 Å². The number of hydrogen-bond acceptors (Lipinski definition) is 2. The third kappa shape index (κ3) is 3.87. The van der Waals surface area contributed by atoms with Gasteiger partial charge in [0.15, 0.2) is 0 Å². The Morgan fingerprint density at radius 2 is 1.65 bits per heavy atom. The minimum absolute atomic E-state index is 0.197. The van der Waals surface area contributed by atoms with Crippen LogP contribution in [0.3, 0.4) is 0 Å². The maximum absolute atomic E-state index is 13.0. The molecule has 0 bridgehead atoms. The molecule has 0 unspecified atom stereocenters. The van der Waals surface area contributed by atoms with E-state index >= 15 is 0 Å². The lowest BCUT2D eigenvalue weighted by atomic mass is 9.88. The SMILES string of the molecule is CC(C)(C(=O)Nc1cc(Cl)cc(Cl)c1)C(=O)N1CCc2ccccc2C1. The number of carbonyl (C=O) groups excluding carboxylic acids is 2. The molecule has 1 aliphatic heterocycles. The third-order valence-corrected chi connectivity index (χ3v) is 5.08. The maximum atomic E-state index is 13.0. The summed E-state index contributed by atoms with van der Waals surface area (Å²) in [6.07, 6.45) is 0.795. The van der Waals surface area contributed by atoms with Crippen LogP contribution in [0, 0.1) is 5.41 Å². The Kier molecular flexibility index (Phi) is 5.26. The van der Waals surface area contributed by atoms with Gasteiger partial charge in [0, 0.05) is 28.8 Å². The topological polar surface area (TPSA) is 49.4 Å². The van der Waals surface area contributed by atoms with E-state index in [0.717, 1.165) is 12.0 Å². The van der Waals surface area contributed by atoms with Gasteiger partial charge in [-0.05, 0) is 49.6 Å². The second-order valence-electron chi connectivity index (χ2n) is 6.98. The standard InChI is InChI=1S/C20H20Cl2N2O2/c1-20(2,18(25)23-17-10-15(21)9-16(22)11-17)19(26)24-8-7-13-5-3-4-6-14(13)12-24/h3-6,9-11H,7-8,12H2,1-2H3,(H,23,25). The largest absolute Gasteiger partial charge is 0.337 e. The van der Waals surface area contributed by atoms with Crippen molar-refractivity contribution in [2.75, 3.05) is 11.9 Å². The number of halogens is 2. The molecule has 0 fully saturated rings. The third-order valence-electron chi connectivity index (χ3n) is 4.64. The number of fused-ring (bicyclic) bond motifs is 1. The van der Waals surface area contributed by atoms with E-state index in [1.54, 1.807) is 36.9 Å². The van der Waals surface area contributed by atoms with E-state index in [1.165, 1.54) is 5.56 Å². The zero-order valence-corrected chi connectivity index (χ0v) is 16.2. The van der Waals surface area contributed by atoms with Gasteiger partial charge in [0.25, 0.3) is 0 Å². The van der Waals surface area contributed by atoms with Crippen molar-refractivity contribution in [2.45, 2.75) is 26.8 Å². The Morgan fingerprint density at radius 1 is 1.04 bits per heavy atom. The number of nitrogens with one attached hydrogen (secondary N) is 1. The Hall–Kier alpha value is -2.04. The highest BCUT2D eigenvalue weighted by molar-refractivity contribution is 6.35. The molecule has 4 nitrogen and oxygen atoms in total. The number of nitrogens with zero attached hydrogens (tertiary/aromatic N) is 1. The van der Waals surface area contributed by atoms with Crippen LogP contribution in [0.25, 0.3) is 0 Å². The molecule has 2 aromatic rings. The van der Waals surface area contributed by atoms with Crippen molar-refractivity contribution in [3.05, 3.63) is 63.6 Å². The van der Waals surface area contributed by atoms with Crippen LogP contribution in [0.1, 0.15) is 25.0 Å². The predicted molar refractivity (Wildman–Crippen MR) is 104 cm³/mol. The van der Waals surface area contributed by atoms with Crippen LogP contribution in [0.5, 0.6) is 0 Å². The molecule has 0 saturated carbocycles. The van der Waals surface area contributed by atoms with Crippen LogP contribution in [0.2, 0.25) is 10.0 Å². The summed E-state index contributed by atoms with van der Waals surface area (Å²) in [6, 6.07) is 12.9. The quantitative estimate of drug-likeness (QED) is 0.781. The summed E-state index contributed by atoms with van der Waals surface area (Å²) in [5.74, 6) is -0.586. The molecule has 0 spiro atoms. The van der Waals surface area contributed by atoms with Crippen LogP contribution >= 0.6 is 23.2 Å². The first kappa shape index (κ1) is 18.7. The summed E-state index contributed by atoms with van der Waals surface area (Å²) < 4.78 is 0. The van der Waals surface area contributed by atoms with Gasteiger partial charge < -0.3 is 10.2 Å². The van der Waals surface area contributed by atoms with E-state index in [2.05, 4.69) is 11.4 Å². The van der Waals surface area contributed by atoms with Crippen molar-refractivity contribution in [1.29, 1.82) is 0 Å². The number of benzene rings is 2. The van der Waals surface area contributed by atoms with Crippen LogP contribution in [0.4, 0.5) is 5.69 Å². The fourth-order valence-corrected chi connectivity index (χ4v) is 3.60. The van der Waals surface area contributed by atoms with Crippen LogP contribution < -0.4 is 5.32 Å². The first-order valence-electron chi connectivity index (χ1n) is 8.41. The highest BCUT2D eigenvalue weighted by Gasteiger charge is 2.40. The van der Waals surface area contributed by atoms with Gasteiger partial charge >= 0.3 is 0 Å². The molecule has 0 aliphatic carbocycles. The Bertz CT molecular complexity index is 844. The van der Waals surface area contributed by atoms with Crippen molar-refractivity contribution in [2.24, 2.45) is 5.41 Å². The summed E-state index contributed by atoms with van der Waals surface area (Å²) in [6.45, 7) is 4.40. The summed E-state index contributed by atoms with van der Waals surface area (Å²) in [7, 11) is 0. The summed E-state index contributed by atoms with van der Waals surface area (Å²) >= 11 is 11.9. The molecule has 2 aromatic carbocycles. The molecule has 136 valence electrons. The highest BCUT2D eigenvalue weighted by Crippen LogP contribution is 2.28. The van der Waals surface area contributed by atoms with E-state index < -0.39 is 5.41 Å². The minimum atomic E-state index is -1.21. The van der Waals surface area contributed by atoms with Gasteiger partial charge in [0.1, 0.15) is 5.41 Å². The van der Waals surface area contributed by atoms with Gasteiger partial charge in [-0.15, -0.1) is 0 Å². The second kappa shape index (κ2) is 7.29.